The van der Waals surface area contributed by atoms with Crippen LogP contribution in [0.4, 0.5) is 0 Å². The van der Waals surface area contributed by atoms with Crippen LogP contribution in [0.3, 0.4) is 0 Å². The molecule has 110 valence electrons. The molecule has 0 aromatic carbocycles. The van der Waals surface area contributed by atoms with Crippen molar-refractivity contribution in [1.82, 2.24) is 0 Å². The standard InChI is InChI=1S/C14H28N2O2Si/c1-5-6-7-18-14-13(15)10-12(16-14)11-17-8-9-19(2,3)4/h10,12H,5-9,11,15H2,1-4H3. The van der Waals surface area contributed by atoms with Crippen molar-refractivity contribution in [1.29, 1.82) is 0 Å². The molecule has 0 fully saturated rings. The highest BCUT2D eigenvalue weighted by atomic mass is 28.3. The maximum absolute atomic E-state index is 5.88. The van der Waals surface area contributed by atoms with Crippen LogP contribution in [0.5, 0.6) is 0 Å². The number of aliphatic imine (C=N–C) groups is 1. The summed E-state index contributed by atoms with van der Waals surface area (Å²) in [6.45, 7) is 11.3. The van der Waals surface area contributed by atoms with Crippen LogP contribution in [0, 0.1) is 0 Å². The number of rotatable bonds is 8. The molecule has 0 aromatic heterocycles. The molecule has 0 aromatic rings. The molecule has 19 heavy (non-hydrogen) atoms. The number of nitrogens with two attached hydrogens (primary N) is 1. The minimum Gasteiger partial charge on any atom is -0.476 e. The van der Waals surface area contributed by atoms with Crippen LogP contribution in [0.2, 0.25) is 25.7 Å². The van der Waals surface area contributed by atoms with Gasteiger partial charge in [0.25, 0.3) is 0 Å². The predicted molar refractivity (Wildman–Crippen MR) is 83.3 cm³/mol. The number of hydrogen-bond acceptors (Lipinski definition) is 4. The van der Waals surface area contributed by atoms with Gasteiger partial charge in [-0.2, -0.15) is 0 Å². The Morgan fingerprint density at radius 3 is 2.68 bits per heavy atom. The summed E-state index contributed by atoms with van der Waals surface area (Å²) >= 11 is 0. The fourth-order valence-electron chi connectivity index (χ4n) is 1.64. The Morgan fingerprint density at radius 2 is 2.05 bits per heavy atom. The number of unbranched alkanes of at least 4 members (excludes halogenated alkanes) is 1. The normalized spacial score (nSPS) is 19.3. The minimum atomic E-state index is -1.01. The van der Waals surface area contributed by atoms with E-state index in [1.54, 1.807) is 0 Å². The van der Waals surface area contributed by atoms with Crippen molar-refractivity contribution in [2.75, 3.05) is 19.8 Å². The smallest absolute Gasteiger partial charge is 0.232 e. The third-order valence-electron chi connectivity index (χ3n) is 2.92. The Morgan fingerprint density at radius 1 is 1.32 bits per heavy atom. The quantitative estimate of drug-likeness (QED) is 0.551. The van der Waals surface area contributed by atoms with Crippen LogP contribution in [-0.4, -0.2) is 39.8 Å². The maximum atomic E-state index is 5.88. The van der Waals surface area contributed by atoms with E-state index < -0.39 is 8.07 Å². The van der Waals surface area contributed by atoms with Gasteiger partial charge in [-0.3, -0.25) is 0 Å². The van der Waals surface area contributed by atoms with Crippen molar-refractivity contribution in [3.05, 3.63) is 11.8 Å². The van der Waals surface area contributed by atoms with Crippen molar-refractivity contribution < 1.29 is 9.47 Å². The second-order valence-corrected chi connectivity index (χ2v) is 11.8. The first-order valence-electron chi connectivity index (χ1n) is 7.18. The molecule has 1 rings (SSSR count). The molecule has 0 radical (unpaired) electrons. The van der Waals surface area contributed by atoms with Crippen molar-refractivity contribution >= 4 is 14.0 Å². The van der Waals surface area contributed by atoms with Crippen LogP contribution in [0.1, 0.15) is 19.8 Å². The monoisotopic (exact) mass is 284 g/mol. The Balaban J connectivity index is 2.25. The molecular formula is C14H28N2O2Si. The summed E-state index contributed by atoms with van der Waals surface area (Å²) < 4.78 is 11.2. The molecule has 0 saturated heterocycles. The molecule has 4 nitrogen and oxygen atoms in total. The fraction of sp³-hybridized carbons (Fsp3) is 0.786. The van der Waals surface area contributed by atoms with Gasteiger partial charge in [-0.25, -0.2) is 4.99 Å². The molecule has 1 atom stereocenters. The van der Waals surface area contributed by atoms with Crippen LogP contribution >= 0.6 is 0 Å². The summed E-state index contributed by atoms with van der Waals surface area (Å²) in [5.41, 5.74) is 6.53. The first-order valence-corrected chi connectivity index (χ1v) is 10.9. The molecule has 0 saturated carbocycles. The highest BCUT2D eigenvalue weighted by Crippen LogP contribution is 2.12. The third kappa shape index (κ3) is 6.78. The number of nitrogens with zero attached hydrogens (tertiary/aromatic N) is 1. The van der Waals surface area contributed by atoms with E-state index in [0.29, 0.717) is 24.8 Å². The van der Waals surface area contributed by atoms with Gasteiger partial charge < -0.3 is 15.2 Å². The SMILES string of the molecule is CCCCOC1=NC(COCC[Si](C)(C)C)C=C1N. The molecule has 1 unspecified atom stereocenters. The van der Waals surface area contributed by atoms with Gasteiger partial charge in [-0.1, -0.05) is 33.0 Å². The largest absolute Gasteiger partial charge is 0.476 e. The second kappa shape index (κ2) is 7.70. The average molecular weight is 284 g/mol. The highest BCUT2D eigenvalue weighted by molar-refractivity contribution is 6.76. The Hall–Kier alpha value is -0.813. The zero-order chi connectivity index (χ0) is 14.3. The van der Waals surface area contributed by atoms with Crippen LogP contribution in [-0.2, 0) is 9.47 Å². The summed E-state index contributed by atoms with van der Waals surface area (Å²) in [5, 5.41) is 0. The average Bonchev–Trinajstić information content (AvgIpc) is 2.65. The first kappa shape index (κ1) is 16.2. The lowest BCUT2D eigenvalue weighted by molar-refractivity contribution is 0.142. The van der Waals surface area contributed by atoms with Crippen molar-refractivity contribution in [3.63, 3.8) is 0 Å². The van der Waals surface area contributed by atoms with Crippen LogP contribution in [0.15, 0.2) is 16.8 Å². The van der Waals surface area contributed by atoms with Crippen molar-refractivity contribution in [2.24, 2.45) is 10.7 Å². The van der Waals surface area contributed by atoms with E-state index in [4.69, 9.17) is 15.2 Å². The molecule has 0 aliphatic carbocycles. The van der Waals surface area contributed by atoms with E-state index >= 15 is 0 Å². The van der Waals surface area contributed by atoms with E-state index in [1.807, 2.05) is 6.08 Å². The molecule has 2 N–H and O–H groups in total. The van der Waals surface area contributed by atoms with Gasteiger partial charge >= 0.3 is 0 Å². The van der Waals surface area contributed by atoms with Gasteiger partial charge in [-0.05, 0) is 18.5 Å². The number of hydrogen-bond donors (Lipinski definition) is 1. The summed E-state index contributed by atoms with van der Waals surface area (Å²) in [6.07, 6.45) is 4.07. The first-order chi connectivity index (χ1) is 8.92. The lowest BCUT2D eigenvalue weighted by Crippen LogP contribution is -2.22. The second-order valence-electron chi connectivity index (χ2n) is 6.21. The van der Waals surface area contributed by atoms with E-state index in [0.717, 1.165) is 19.4 Å². The summed E-state index contributed by atoms with van der Waals surface area (Å²) in [4.78, 5) is 4.44. The van der Waals surface area contributed by atoms with Gasteiger partial charge in [0.15, 0.2) is 0 Å². The summed E-state index contributed by atoms with van der Waals surface area (Å²) in [6, 6.07) is 1.21. The maximum Gasteiger partial charge on any atom is 0.232 e. The minimum absolute atomic E-state index is 0.0262. The van der Waals surface area contributed by atoms with E-state index in [2.05, 4.69) is 31.6 Å². The number of ether oxygens (including phenoxy) is 2. The van der Waals surface area contributed by atoms with Gasteiger partial charge in [-0.15, -0.1) is 0 Å². The van der Waals surface area contributed by atoms with Crippen LogP contribution in [0.25, 0.3) is 0 Å². The Bertz CT molecular complexity index is 335. The zero-order valence-electron chi connectivity index (χ0n) is 12.7. The fourth-order valence-corrected chi connectivity index (χ4v) is 2.40. The van der Waals surface area contributed by atoms with E-state index in [-0.39, 0.29) is 6.04 Å². The zero-order valence-corrected chi connectivity index (χ0v) is 13.7. The highest BCUT2D eigenvalue weighted by Gasteiger charge is 2.19. The predicted octanol–water partition coefficient (Wildman–Crippen LogP) is 2.78. The van der Waals surface area contributed by atoms with Crippen molar-refractivity contribution in [2.45, 2.75) is 51.5 Å². The van der Waals surface area contributed by atoms with E-state index in [1.165, 1.54) is 6.04 Å². The van der Waals surface area contributed by atoms with Gasteiger partial charge in [0.05, 0.1) is 25.0 Å². The molecule has 5 heteroatoms. The van der Waals surface area contributed by atoms with E-state index in [9.17, 15) is 0 Å². The summed E-state index contributed by atoms with van der Waals surface area (Å²) in [5.74, 6) is 0.590. The molecule has 1 heterocycles. The Kier molecular flexibility index (Phi) is 6.58. The lowest BCUT2D eigenvalue weighted by Gasteiger charge is -2.15. The molecule has 1 aliphatic rings. The third-order valence-corrected chi connectivity index (χ3v) is 4.63. The topological polar surface area (TPSA) is 56.8 Å². The van der Waals surface area contributed by atoms with Crippen LogP contribution < -0.4 is 5.73 Å². The van der Waals surface area contributed by atoms with Gasteiger partial charge in [0.2, 0.25) is 5.90 Å². The molecule has 1 aliphatic heterocycles. The van der Waals surface area contributed by atoms with Crippen molar-refractivity contribution in [3.8, 4) is 0 Å². The molecule has 0 bridgehead atoms. The van der Waals surface area contributed by atoms with Gasteiger partial charge in [0, 0.05) is 14.7 Å². The molecule has 0 spiro atoms. The Labute approximate surface area is 118 Å². The lowest BCUT2D eigenvalue weighted by atomic mass is 10.3. The molecule has 0 amide bonds. The summed E-state index contributed by atoms with van der Waals surface area (Å²) in [7, 11) is -1.01. The molecular weight excluding hydrogens is 256 g/mol. The van der Waals surface area contributed by atoms with Gasteiger partial charge in [0.1, 0.15) is 0 Å².